The molecule has 1 aromatic carbocycles. The standard InChI is InChI=1S/C21H31N3O6/c1-12(2)15(23)18(26)24(20(29)30-21(3,4)5)16(19(27)28)17(25)14(22)11-13-9-7-6-8-10-13/h6-10,12,14-16H,11,22-23H2,1-5H3,(H,27,28). The summed E-state index contributed by atoms with van der Waals surface area (Å²) in [5.74, 6) is -4.13. The minimum atomic E-state index is -2.16. The average Bonchev–Trinajstić information content (AvgIpc) is 2.63. The van der Waals surface area contributed by atoms with Gasteiger partial charge >= 0.3 is 12.1 Å². The Morgan fingerprint density at radius 1 is 1.07 bits per heavy atom. The lowest BCUT2D eigenvalue weighted by molar-refractivity contribution is -0.155. The summed E-state index contributed by atoms with van der Waals surface area (Å²) in [6.07, 6.45) is -1.23. The van der Waals surface area contributed by atoms with Crippen molar-refractivity contribution in [2.75, 3.05) is 0 Å². The number of hydrogen-bond acceptors (Lipinski definition) is 7. The second-order valence-corrected chi connectivity index (χ2v) is 8.40. The number of ketones is 1. The van der Waals surface area contributed by atoms with Crippen LogP contribution >= 0.6 is 0 Å². The third kappa shape index (κ3) is 6.93. The van der Waals surface area contributed by atoms with Crippen LogP contribution in [0.1, 0.15) is 40.2 Å². The number of carboxylic acids is 1. The predicted octanol–water partition coefficient (Wildman–Crippen LogP) is 1.33. The van der Waals surface area contributed by atoms with Gasteiger partial charge in [-0.25, -0.2) is 14.5 Å². The van der Waals surface area contributed by atoms with Crippen molar-refractivity contribution in [1.82, 2.24) is 4.90 Å². The van der Waals surface area contributed by atoms with E-state index in [2.05, 4.69) is 0 Å². The van der Waals surface area contributed by atoms with E-state index < -0.39 is 53.4 Å². The fourth-order valence-corrected chi connectivity index (χ4v) is 2.61. The molecular weight excluding hydrogens is 390 g/mol. The van der Waals surface area contributed by atoms with Crippen LogP contribution in [-0.4, -0.2) is 57.5 Å². The maximum Gasteiger partial charge on any atom is 0.418 e. The second-order valence-electron chi connectivity index (χ2n) is 8.40. The lowest BCUT2D eigenvalue weighted by Gasteiger charge is -2.32. The van der Waals surface area contributed by atoms with Crippen LogP contribution in [0.15, 0.2) is 30.3 Å². The highest BCUT2D eigenvalue weighted by molar-refractivity contribution is 6.12. The van der Waals surface area contributed by atoms with E-state index in [-0.39, 0.29) is 11.3 Å². The van der Waals surface area contributed by atoms with Gasteiger partial charge in [0.2, 0.25) is 5.91 Å². The number of carbonyl (C=O) groups is 4. The molecule has 0 fully saturated rings. The summed E-state index contributed by atoms with van der Waals surface area (Å²) in [5, 5.41) is 9.73. The molecule has 0 aliphatic carbocycles. The third-order valence-corrected chi connectivity index (χ3v) is 4.26. The number of nitrogens with zero attached hydrogens (tertiary/aromatic N) is 1. The number of hydrogen-bond donors (Lipinski definition) is 3. The Morgan fingerprint density at radius 2 is 1.60 bits per heavy atom. The molecule has 166 valence electrons. The number of amides is 2. The molecule has 0 saturated heterocycles. The second kappa shape index (κ2) is 10.3. The quantitative estimate of drug-likeness (QED) is 0.531. The summed E-state index contributed by atoms with van der Waals surface area (Å²) in [5.41, 5.74) is 11.5. The summed E-state index contributed by atoms with van der Waals surface area (Å²) in [4.78, 5) is 50.8. The monoisotopic (exact) mass is 421 g/mol. The molecule has 3 unspecified atom stereocenters. The molecule has 0 aromatic heterocycles. The van der Waals surface area contributed by atoms with Crippen molar-refractivity contribution in [2.45, 2.75) is 64.8 Å². The Kier molecular flexibility index (Phi) is 8.68. The molecular formula is C21H31N3O6. The van der Waals surface area contributed by atoms with Crippen LogP contribution in [0.25, 0.3) is 0 Å². The number of carboxylic acid groups (broad SMARTS) is 1. The smallest absolute Gasteiger partial charge is 0.418 e. The van der Waals surface area contributed by atoms with E-state index >= 15 is 0 Å². The Balaban J connectivity index is 3.31. The molecule has 1 rings (SSSR count). The summed E-state index contributed by atoms with van der Waals surface area (Å²) in [7, 11) is 0. The van der Waals surface area contributed by atoms with Crippen LogP contribution < -0.4 is 11.5 Å². The molecule has 9 heteroatoms. The molecule has 0 aliphatic heterocycles. The minimum Gasteiger partial charge on any atom is -0.479 e. The van der Waals surface area contributed by atoms with Crippen molar-refractivity contribution in [1.29, 1.82) is 0 Å². The normalized spacial score (nSPS) is 14.5. The van der Waals surface area contributed by atoms with Crippen LogP contribution in [0, 0.1) is 5.92 Å². The average molecular weight is 421 g/mol. The number of carbonyl (C=O) groups excluding carboxylic acids is 3. The summed E-state index contributed by atoms with van der Waals surface area (Å²) in [6.45, 7) is 7.92. The summed E-state index contributed by atoms with van der Waals surface area (Å²) < 4.78 is 5.18. The highest BCUT2D eigenvalue weighted by Crippen LogP contribution is 2.17. The number of aliphatic carboxylic acids is 1. The molecule has 0 bridgehead atoms. The van der Waals surface area contributed by atoms with Gasteiger partial charge in [-0.1, -0.05) is 44.2 Å². The first-order valence-corrected chi connectivity index (χ1v) is 9.64. The van der Waals surface area contributed by atoms with Gasteiger partial charge in [0.15, 0.2) is 11.8 Å². The van der Waals surface area contributed by atoms with E-state index in [0.717, 1.165) is 0 Å². The van der Waals surface area contributed by atoms with Gasteiger partial charge in [-0.3, -0.25) is 9.59 Å². The first kappa shape index (κ1) is 25.3. The van der Waals surface area contributed by atoms with Gasteiger partial charge in [-0.05, 0) is 38.7 Å². The molecule has 0 spiro atoms. The lowest BCUT2D eigenvalue weighted by atomic mass is 9.96. The van der Waals surface area contributed by atoms with E-state index in [4.69, 9.17) is 16.2 Å². The fourth-order valence-electron chi connectivity index (χ4n) is 2.61. The van der Waals surface area contributed by atoms with E-state index in [1.807, 2.05) is 0 Å². The highest BCUT2D eigenvalue weighted by atomic mass is 16.6. The molecule has 9 nitrogen and oxygen atoms in total. The van der Waals surface area contributed by atoms with Crippen molar-refractivity contribution in [3.05, 3.63) is 35.9 Å². The number of rotatable bonds is 8. The van der Waals surface area contributed by atoms with Gasteiger partial charge < -0.3 is 21.3 Å². The molecule has 0 aliphatic rings. The van der Waals surface area contributed by atoms with E-state index in [1.165, 1.54) is 0 Å². The van der Waals surface area contributed by atoms with Crippen LogP contribution in [0.2, 0.25) is 0 Å². The molecule has 1 aromatic rings. The van der Waals surface area contributed by atoms with Gasteiger partial charge in [0.05, 0.1) is 12.1 Å². The number of ether oxygens (including phenoxy) is 1. The maximum atomic E-state index is 12.9. The van der Waals surface area contributed by atoms with E-state index in [9.17, 15) is 24.3 Å². The minimum absolute atomic E-state index is 0.0377. The third-order valence-electron chi connectivity index (χ3n) is 4.26. The zero-order valence-electron chi connectivity index (χ0n) is 18.0. The zero-order valence-corrected chi connectivity index (χ0v) is 18.0. The summed E-state index contributed by atoms with van der Waals surface area (Å²) >= 11 is 0. The van der Waals surface area contributed by atoms with Crippen molar-refractivity contribution >= 4 is 23.8 Å². The number of nitrogens with two attached hydrogens (primary N) is 2. The van der Waals surface area contributed by atoms with Gasteiger partial charge in [0.25, 0.3) is 0 Å². The van der Waals surface area contributed by atoms with E-state index in [0.29, 0.717) is 5.56 Å². The van der Waals surface area contributed by atoms with Crippen LogP contribution in [0.4, 0.5) is 4.79 Å². The first-order valence-electron chi connectivity index (χ1n) is 9.64. The van der Waals surface area contributed by atoms with Crippen molar-refractivity contribution in [3.63, 3.8) is 0 Å². The van der Waals surface area contributed by atoms with Gasteiger partial charge in [-0.15, -0.1) is 0 Å². The Labute approximate surface area is 176 Å². The number of benzene rings is 1. The van der Waals surface area contributed by atoms with Crippen molar-refractivity contribution in [2.24, 2.45) is 17.4 Å². The van der Waals surface area contributed by atoms with Gasteiger partial charge in [-0.2, -0.15) is 0 Å². The first-order chi connectivity index (χ1) is 13.8. The van der Waals surface area contributed by atoms with Gasteiger partial charge in [0, 0.05) is 0 Å². The van der Waals surface area contributed by atoms with Gasteiger partial charge in [0.1, 0.15) is 5.60 Å². The SMILES string of the molecule is CC(C)C(N)C(=O)N(C(=O)OC(C)(C)C)C(C(=O)O)C(=O)C(N)Cc1ccccc1. The van der Waals surface area contributed by atoms with Crippen molar-refractivity contribution in [3.8, 4) is 0 Å². The molecule has 0 radical (unpaired) electrons. The fraction of sp³-hybridized carbons (Fsp3) is 0.524. The van der Waals surface area contributed by atoms with Crippen LogP contribution in [0.3, 0.4) is 0 Å². The van der Waals surface area contributed by atoms with E-state index in [1.54, 1.807) is 65.0 Å². The zero-order chi connectivity index (χ0) is 23.2. The number of imide groups is 1. The Bertz CT molecular complexity index is 773. The topological polar surface area (TPSA) is 153 Å². The maximum absolute atomic E-state index is 12.9. The lowest BCUT2D eigenvalue weighted by Crippen LogP contribution is -2.61. The summed E-state index contributed by atoms with van der Waals surface area (Å²) in [6, 6.07) is 4.11. The van der Waals surface area contributed by atoms with Crippen LogP contribution in [-0.2, 0) is 25.5 Å². The predicted molar refractivity (Wildman–Crippen MR) is 110 cm³/mol. The molecule has 0 heterocycles. The van der Waals surface area contributed by atoms with Crippen molar-refractivity contribution < 1.29 is 29.0 Å². The molecule has 2 amide bonds. The largest absolute Gasteiger partial charge is 0.479 e. The highest BCUT2D eigenvalue weighted by Gasteiger charge is 2.45. The molecule has 0 saturated carbocycles. The Morgan fingerprint density at radius 3 is 2.03 bits per heavy atom. The Hall–Kier alpha value is -2.78. The van der Waals surface area contributed by atoms with Crippen LogP contribution in [0.5, 0.6) is 0 Å². The molecule has 5 N–H and O–H groups in total. The molecule has 3 atom stereocenters. The molecule has 30 heavy (non-hydrogen) atoms. The number of Topliss-reactive ketones (excluding diaryl/α,β-unsaturated/α-hetero) is 1.